The molecule has 1 heterocycles. The Morgan fingerprint density at radius 2 is 2.41 bits per heavy atom. The average Bonchev–Trinajstić information content (AvgIpc) is 2.63. The SMILES string of the molecule is O=C(CN1CC[C@@H](O)C1)Nc1cccc(I)c1. The van der Waals surface area contributed by atoms with Gasteiger partial charge in [-0.2, -0.15) is 0 Å². The Labute approximate surface area is 114 Å². The Bertz CT molecular complexity index is 411. The molecule has 0 unspecified atom stereocenters. The van der Waals surface area contributed by atoms with Gasteiger partial charge in [-0.3, -0.25) is 9.69 Å². The van der Waals surface area contributed by atoms with E-state index in [0.717, 1.165) is 22.2 Å². The summed E-state index contributed by atoms with van der Waals surface area (Å²) in [6.45, 7) is 1.74. The standard InChI is InChI=1S/C12H15IN2O2/c13-9-2-1-3-10(6-9)14-12(17)8-15-5-4-11(16)7-15/h1-3,6,11,16H,4-5,7-8H2,(H,14,17)/t11-/m1/s1. The van der Waals surface area contributed by atoms with Crippen LogP contribution in [0.2, 0.25) is 0 Å². The summed E-state index contributed by atoms with van der Waals surface area (Å²) in [7, 11) is 0. The van der Waals surface area contributed by atoms with Gasteiger partial charge >= 0.3 is 0 Å². The van der Waals surface area contributed by atoms with Crippen LogP contribution in [0.4, 0.5) is 5.69 Å². The summed E-state index contributed by atoms with van der Waals surface area (Å²) >= 11 is 2.21. The number of likely N-dealkylation sites (tertiary alicyclic amines) is 1. The van der Waals surface area contributed by atoms with Gasteiger partial charge in [0.05, 0.1) is 12.6 Å². The van der Waals surface area contributed by atoms with E-state index >= 15 is 0 Å². The van der Waals surface area contributed by atoms with Gasteiger partial charge in [0.2, 0.25) is 5.91 Å². The smallest absolute Gasteiger partial charge is 0.238 e. The largest absolute Gasteiger partial charge is 0.392 e. The molecule has 0 radical (unpaired) electrons. The summed E-state index contributed by atoms with van der Waals surface area (Å²) in [6.07, 6.45) is 0.483. The third-order valence-electron chi connectivity index (χ3n) is 2.72. The predicted molar refractivity (Wildman–Crippen MR) is 74.9 cm³/mol. The zero-order chi connectivity index (χ0) is 12.3. The summed E-state index contributed by atoms with van der Waals surface area (Å²) in [5, 5.41) is 12.2. The number of nitrogens with one attached hydrogen (secondary N) is 1. The fraction of sp³-hybridized carbons (Fsp3) is 0.417. The highest BCUT2D eigenvalue weighted by atomic mass is 127. The van der Waals surface area contributed by atoms with Crippen LogP contribution in [0.5, 0.6) is 0 Å². The first-order valence-electron chi connectivity index (χ1n) is 5.59. The molecular weight excluding hydrogens is 331 g/mol. The molecule has 92 valence electrons. The number of aliphatic hydroxyl groups is 1. The maximum atomic E-state index is 11.7. The molecule has 1 aliphatic rings. The van der Waals surface area contributed by atoms with Crippen LogP contribution in [-0.2, 0) is 4.79 Å². The highest BCUT2D eigenvalue weighted by molar-refractivity contribution is 14.1. The minimum absolute atomic E-state index is 0.0268. The summed E-state index contributed by atoms with van der Waals surface area (Å²) in [5.41, 5.74) is 0.821. The zero-order valence-corrected chi connectivity index (χ0v) is 11.6. The molecule has 5 heteroatoms. The van der Waals surface area contributed by atoms with E-state index in [1.165, 1.54) is 0 Å². The topological polar surface area (TPSA) is 52.6 Å². The van der Waals surface area contributed by atoms with Crippen LogP contribution in [0.1, 0.15) is 6.42 Å². The Hall–Kier alpha value is -0.660. The Morgan fingerprint density at radius 1 is 1.59 bits per heavy atom. The molecule has 4 nitrogen and oxygen atoms in total. The van der Waals surface area contributed by atoms with Gasteiger partial charge in [-0.1, -0.05) is 6.07 Å². The van der Waals surface area contributed by atoms with Crippen molar-refractivity contribution in [3.05, 3.63) is 27.8 Å². The zero-order valence-electron chi connectivity index (χ0n) is 9.40. The number of halogens is 1. The van der Waals surface area contributed by atoms with E-state index in [-0.39, 0.29) is 12.0 Å². The normalized spacial score (nSPS) is 20.5. The first kappa shape index (κ1) is 12.8. The van der Waals surface area contributed by atoms with Crippen LogP contribution < -0.4 is 5.32 Å². The molecule has 1 saturated heterocycles. The van der Waals surface area contributed by atoms with Gasteiger partial charge in [-0.05, 0) is 47.2 Å². The van der Waals surface area contributed by atoms with Crippen LogP contribution in [0.25, 0.3) is 0 Å². The lowest BCUT2D eigenvalue weighted by Crippen LogP contribution is -2.32. The minimum Gasteiger partial charge on any atom is -0.392 e. The summed E-state index contributed by atoms with van der Waals surface area (Å²) in [5.74, 6) is -0.0268. The van der Waals surface area contributed by atoms with Crippen molar-refractivity contribution in [3.63, 3.8) is 0 Å². The third-order valence-corrected chi connectivity index (χ3v) is 3.39. The number of amides is 1. The van der Waals surface area contributed by atoms with E-state index < -0.39 is 0 Å². The minimum atomic E-state index is -0.277. The molecule has 2 rings (SSSR count). The lowest BCUT2D eigenvalue weighted by Gasteiger charge is -2.14. The van der Waals surface area contributed by atoms with Crippen molar-refractivity contribution in [2.75, 3.05) is 25.0 Å². The van der Waals surface area contributed by atoms with Crippen LogP contribution in [0, 0.1) is 3.57 Å². The summed E-state index contributed by atoms with van der Waals surface area (Å²) < 4.78 is 1.09. The van der Waals surface area contributed by atoms with Crippen molar-refractivity contribution in [2.24, 2.45) is 0 Å². The van der Waals surface area contributed by atoms with Gasteiger partial charge in [0, 0.05) is 22.3 Å². The number of hydrogen-bond acceptors (Lipinski definition) is 3. The molecular formula is C12H15IN2O2. The number of anilines is 1. The Morgan fingerprint density at radius 3 is 3.06 bits per heavy atom. The molecule has 0 saturated carbocycles. The molecule has 0 aliphatic carbocycles. The molecule has 1 amide bonds. The molecule has 0 bridgehead atoms. The van der Waals surface area contributed by atoms with E-state index in [2.05, 4.69) is 27.9 Å². The number of rotatable bonds is 3. The van der Waals surface area contributed by atoms with Crippen LogP contribution in [0.15, 0.2) is 24.3 Å². The number of carbonyl (C=O) groups is 1. The second-order valence-electron chi connectivity index (χ2n) is 4.24. The van der Waals surface area contributed by atoms with Crippen molar-refractivity contribution in [1.29, 1.82) is 0 Å². The average molecular weight is 346 g/mol. The Balaban J connectivity index is 1.85. The Kier molecular flexibility index (Phi) is 4.36. The molecule has 2 N–H and O–H groups in total. The number of hydrogen-bond donors (Lipinski definition) is 2. The highest BCUT2D eigenvalue weighted by Crippen LogP contribution is 2.13. The fourth-order valence-electron chi connectivity index (χ4n) is 1.93. The van der Waals surface area contributed by atoms with Crippen LogP contribution in [0.3, 0.4) is 0 Å². The second kappa shape index (κ2) is 5.79. The van der Waals surface area contributed by atoms with Gasteiger partial charge in [-0.25, -0.2) is 0 Å². The van der Waals surface area contributed by atoms with Gasteiger partial charge in [0.15, 0.2) is 0 Å². The molecule has 1 fully saturated rings. The van der Waals surface area contributed by atoms with E-state index in [4.69, 9.17) is 0 Å². The number of benzene rings is 1. The molecule has 0 spiro atoms. The maximum absolute atomic E-state index is 11.7. The number of carbonyl (C=O) groups excluding carboxylic acids is 1. The monoisotopic (exact) mass is 346 g/mol. The van der Waals surface area contributed by atoms with Gasteiger partial charge < -0.3 is 10.4 Å². The van der Waals surface area contributed by atoms with Crippen molar-refractivity contribution >= 4 is 34.2 Å². The highest BCUT2D eigenvalue weighted by Gasteiger charge is 2.21. The van der Waals surface area contributed by atoms with Crippen molar-refractivity contribution in [1.82, 2.24) is 4.90 Å². The molecule has 1 aromatic rings. The van der Waals surface area contributed by atoms with Crippen molar-refractivity contribution < 1.29 is 9.90 Å². The second-order valence-corrected chi connectivity index (χ2v) is 5.48. The van der Waals surface area contributed by atoms with E-state index in [1.54, 1.807) is 0 Å². The molecule has 0 aromatic heterocycles. The predicted octanol–water partition coefficient (Wildman–Crippen LogP) is 1.30. The lowest BCUT2D eigenvalue weighted by atomic mass is 10.3. The first-order chi connectivity index (χ1) is 8.13. The first-order valence-corrected chi connectivity index (χ1v) is 6.67. The number of nitrogens with zero attached hydrogens (tertiary/aromatic N) is 1. The summed E-state index contributed by atoms with van der Waals surface area (Å²) in [4.78, 5) is 13.7. The van der Waals surface area contributed by atoms with Gasteiger partial charge in [-0.15, -0.1) is 0 Å². The fourth-order valence-corrected chi connectivity index (χ4v) is 2.47. The van der Waals surface area contributed by atoms with E-state index in [9.17, 15) is 9.90 Å². The maximum Gasteiger partial charge on any atom is 0.238 e. The van der Waals surface area contributed by atoms with E-state index in [0.29, 0.717) is 13.1 Å². The molecule has 1 aliphatic heterocycles. The molecule has 1 atom stereocenters. The molecule has 1 aromatic carbocycles. The lowest BCUT2D eigenvalue weighted by molar-refractivity contribution is -0.117. The van der Waals surface area contributed by atoms with Crippen LogP contribution in [-0.4, -0.2) is 41.7 Å². The quantitative estimate of drug-likeness (QED) is 0.812. The number of β-amino-alcohol motifs (C(OH)–C–C–N with tert-alkyl or cyclic N) is 1. The molecule has 17 heavy (non-hydrogen) atoms. The van der Waals surface area contributed by atoms with Gasteiger partial charge in [0.1, 0.15) is 0 Å². The van der Waals surface area contributed by atoms with Crippen molar-refractivity contribution in [2.45, 2.75) is 12.5 Å². The van der Waals surface area contributed by atoms with Crippen LogP contribution >= 0.6 is 22.6 Å². The summed E-state index contributed by atoms with van der Waals surface area (Å²) in [6, 6.07) is 7.69. The third kappa shape index (κ3) is 3.93. The van der Waals surface area contributed by atoms with Crippen molar-refractivity contribution in [3.8, 4) is 0 Å². The van der Waals surface area contributed by atoms with Gasteiger partial charge in [0.25, 0.3) is 0 Å². The number of aliphatic hydroxyl groups excluding tert-OH is 1. The van der Waals surface area contributed by atoms with E-state index in [1.807, 2.05) is 29.2 Å².